The molecule has 0 saturated heterocycles. The van der Waals surface area contributed by atoms with Gasteiger partial charge in [0.05, 0.1) is 12.6 Å². The summed E-state index contributed by atoms with van der Waals surface area (Å²) in [5.74, 6) is 0.102. The highest BCUT2D eigenvalue weighted by atomic mass is 19.1. The minimum atomic E-state index is -0.568. The first kappa shape index (κ1) is 14.3. The van der Waals surface area contributed by atoms with Crippen molar-refractivity contribution in [3.63, 3.8) is 0 Å². The maximum Gasteiger partial charge on any atom is 0.205 e. The quantitative estimate of drug-likeness (QED) is 0.396. The second-order valence-electron chi connectivity index (χ2n) is 4.79. The first-order valence-electron chi connectivity index (χ1n) is 6.88. The number of benzene rings is 1. The van der Waals surface area contributed by atoms with Crippen LogP contribution in [-0.4, -0.2) is 24.1 Å². The number of aliphatic imine (C=N–C) groups is 1. The van der Waals surface area contributed by atoms with E-state index in [0.29, 0.717) is 0 Å². The number of rotatable bonds is 4. The highest BCUT2D eigenvalue weighted by Gasteiger charge is 2.30. The van der Waals surface area contributed by atoms with E-state index < -0.39 is 6.67 Å². The Kier molecular flexibility index (Phi) is 4.57. The number of aryl methyl sites for hydroxylation is 1. The predicted octanol–water partition coefficient (Wildman–Crippen LogP) is 2.30. The summed E-state index contributed by atoms with van der Waals surface area (Å²) in [6.07, 6.45) is 4.85. The molecule has 0 fully saturated rings. The summed E-state index contributed by atoms with van der Waals surface area (Å²) in [4.78, 5) is 5.30. The molecule has 2 rings (SSSR count). The number of alkyl halides is 1. The van der Waals surface area contributed by atoms with Crippen LogP contribution < -0.4 is 5.73 Å². The largest absolute Gasteiger partial charge is 0.369 e. The van der Waals surface area contributed by atoms with Crippen molar-refractivity contribution in [3.8, 4) is 6.19 Å². The lowest BCUT2D eigenvalue weighted by atomic mass is 10.0. The molecule has 1 aliphatic carbocycles. The van der Waals surface area contributed by atoms with Gasteiger partial charge in [-0.3, -0.25) is 0 Å². The lowest BCUT2D eigenvalue weighted by molar-refractivity contribution is 0.416. The smallest absolute Gasteiger partial charge is 0.205 e. The number of nitrogens with two attached hydrogens (primary N) is 1. The van der Waals surface area contributed by atoms with Crippen molar-refractivity contribution >= 4 is 5.96 Å². The summed E-state index contributed by atoms with van der Waals surface area (Å²) in [5.41, 5.74) is 9.59. The predicted molar refractivity (Wildman–Crippen MR) is 76.8 cm³/mol. The van der Waals surface area contributed by atoms with Gasteiger partial charge < -0.3 is 5.73 Å². The zero-order chi connectivity index (χ0) is 14.5. The summed E-state index contributed by atoms with van der Waals surface area (Å²) in [6.45, 7) is 1.56. The van der Waals surface area contributed by atoms with Crippen molar-refractivity contribution in [2.75, 3.05) is 13.2 Å². The molecule has 1 unspecified atom stereocenters. The van der Waals surface area contributed by atoms with Crippen LogP contribution in [0.5, 0.6) is 0 Å². The molecule has 1 aromatic carbocycles. The van der Waals surface area contributed by atoms with E-state index in [0.717, 1.165) is 24.8 Å². The number of hydrogen-bond acceptors (Lipinski definition) is 2. The second kappa shape index (κ2) is 6.38. The fraction of sp³-hybridized carbons (Fsp3) is 0.467. The Morgan fingerprint density at radius 1 is 1.60 bits per heavy atom. The Morgan fingerprint density at radius 2 is 2.40 bits per heavy atom. The minimum Gasteiger partial charge on any atom is -0.369 e. The Bertz CT molecular complexity index is 547. The summed E-state index contributed by atoms with van der Waals surface area (Å²) in [5, 5.41) is 9.33. The van der Waals surface area contributed by atoms with Crippen LogP contribution in [0.2, 0.25) is 0 Å². The summed E-state index contributed by atoms with van der Waals surface area (Å²) >= 11 is 0. The van der Waals surface area contributed by atoms with Crippen molar-refractivity contribution in [2.24, 2.45) is 10.7 Å². The molecule has 1 aliphatic rings. The molecule has 4 nitrogen and oxygen atoms in total. The molecule has 106 valence electrons. The van der Waals surface area contributed by atoms with E-state index in [2.05, 4.69) is 24.2 Å². The van der Waals surface area contributed by atoms with Crippen LogP contribution in [0.15, 0.2) is 23.2 Å². The molecule has 0 aliphatic heterocycles. The van der Waals surface area contributed by atoms with Gasteiger partial charge in [-0.05, 0) is 36.0 Å². The molecule has 5 heteroatoms. The van der Waals surface area contributed by atoms with Crippen LogP contribution in [0.4, 0.5) is 4.39 Å². The number of hydrogen-bond donors (Lipinski definition) is 1. The number of fused-ring (bicyclic) bond motifs is 1. The Balaban J connectivity index is 2.31. The molecule has 0 saturated carbocycles. The maximum absolute atomic E-state index is 12.2. The third-order valence-corrected chi connectivity index (χ3v) is 3.74. The zero-order valence-electron chi connectivity index (χ0n) is 11.6. The summed E-state index contributed by atoms with van der Waals surface area (Å²) in [7, 11) is 0. The number of guanidine groups is 1. The van der Waals surface area contributed by atoms with E-state index in [1.54, 1.807) is 0 Å². The third kappa shape index (κ3) is 2.60. The van der Waals surface area contributed by atoms with Gasteiger partial charge in [0, 0.05) is 0 Å². The summed E-state index contributed by atoms with van der Waals surface area (Å²) < 4.78 is 12.2. The lowest BCUT2D eigenvalue weighted by Crippen LogP contribution is -2.36. The van der Waals surface area contributed by atoms with E-state index in [4.69, 9.17) is 5.73 Å². The van der Waals surface area contributed by atoms with E-state index in [1.807, 2.05) is 12.1 Å². The molecule has 0 amide bonds. The molecule has 0 heterocycles. The topological polar surface area (TPSA) is 65.4 Å². The van der Waals surface area contributed by atoms with Crippen molar-refractivity contribution in [3.05, 3.63) is 34.9 Å². The normalized spacial score (nSPS) is 17.6. The van der Waals surface area contributed by atoms with Crippen LogP contribution in [0.3, 0.4) is 0 Å². The highest BCUT2D eigenvalue weighted by molar-refractivity contribution is 5.80. The Hall–Kier alpha value is -2.09. The van der Waals surface area contributed by atoms with Crippen LogP contribution in [0.1, 0.15) is 36.1 Å². The monoisotopic (exact) mass is 274 g/mol. The van der Waals surface area contributed by atoms with Gasteiger partial charge in [-0.15, -0.1) is 0 Å². The third-order valence-electron chi connectivity index (χ3n) is 3.74. The molecular weight excluding hydrogens is 255 g/mol. The van der Waals surface area contributed by atoms with Crippen molar-refractivity contribution in [1.82, 2.24) is 4.90 Å². The van der Waals surface area contributed by atoms with Crippen LogP contribution in [0, 0.1) is 11.5 Å². The van der Waals surface area contributed by atoms with Crippen LogP contribution in [-0.2, 0) is 12.8 Å². The van der Waals surface area contributed by atoms with Gasteiger partial charge >= 0.3 is 0 Å². The number of nitriles is 1. The molecule has 0 bridgehead atoms. The Morgan fingerprint density at radius 3 is 3.05 bits per heavy atom. The summed E-state index contributed by atoms with van der Waals surface area (Å²) in [6, 6.07) is 6.10. The second-order valence-corrected chi connectivity index (χ2v) is 4.79. The molecule has 0 spiro atoms. The molecule has 20 heavy (non-hydrogen) atoms. The van der Waals surface area contributed by atoms with Gasteiger partial charge in [-0.1, -0.05) is 25.1 Å². The number of nitrogens with zero attached hydrogens (tertiary/aromatic N) is 3. The van der Waals surface area contributed by atoms with Gasteiger partial charge in [0.1, 0.15) is 6.67 Å². The molecular formula is C15H19FN4. The van der Waals surface area contributed by atoms with Gasteiger partial charge in [-0.2, -0.15) is 5.26 Å². The standard InChI is InChI=1S/C15H19FN4/c1-2-11-4-3-5-13-12(11)6-7-14(13)20(10-17)15(18)19-9-8-16/h3-5,14H,2,6-9H2,1H3,(H2,18,19). The van der Waals surface area contributed by atoms with Crippen molar-refractivity contribution < 1.29 is 4.39 Å². The SMILES string of the molecule is CCc1cccc2c1CCC2N(C#N)C(N)=NCCF. The molecule has 0 aromatic heterocycles. The fourth-order valence-corrected chi connectivity index (χ4v) is 2.82. The van der Waals surface area contributed by atoms with Gasteiger partial charge in [0.15, 0.2) is 6.19 Å². The average Bonchev–Trinajstić information content (AvgIpc) is 2.90. The van der Waals surface area contributed by atoms with E-state index in [-0.39, 0.29) is 18.5 Å². The van der Waals surface area contributed by atoms with E-state index in [9.17, 15) is 9.65 Å². The fourth-order valence-electron chi connectivity index (χ4n) is 2.82. The average molecular weight is 274 g/mol. The molecule has 1 aromatic rings. The van der Waals surface area contributed by atoms with Crippen molar-refractivity contribution in [2.45, 2.75) is 32.2 Å². The van der Waals surface area contributed by atoms with Crippen LogP contribution >= 0.6 is 0 Å². The Labute approximate surface area is 118 Å². The van der Waals surface area contributed by atoms with Crippen LogP contribution in [0.25, 0.3) is 0 Å². The maximum atomic E-state index is 12.2. The van der Waals surface area contributed by atoms with Crippen molar-refractivity contribution in [1.29, 1.82) is 5.26 Å². The first-order chi connectivity index (χ1) is 9.72. The highest BCUT2D eigenvalue weighted by Crippen LogP contribution is 2.37. The van der Waals surface area contributed by atoms with Gasteiger partial charge in [0.2, 0.25) is 5.96 Å². The van der Waals surface area contributed by atoms with E-state index >= 15 is 0 Å². The zero-order valence-corrected chi connectivity index (χ0v) is 11.6. The van der Waals surface area contributed by atoms with Gasteiger partial charge in [0.25, 0.3) is 0 Å². The van der Waals surface area contributed by atoms with E-state index in [1.165, 1.54) is 16.0 Å². The van der Waals surface area contributed by atoms with Gasteiger partial charge in [-0.25, -0.2) is 14.3 Å². The lowest BCUT2D eigenvalue weighted by Gasteiger charge is -2.23. The molecule has 2 N–H and O–H groups in total. The number of halogens is 1. The molecule has 1 atom stereocenters. The first-order valence-corrected chi connectivity index (χ1v) is 6.88. The minimum absolute atomic E-state index is 0.00140. The molecule has 0 radical (unpaired) electrons.